The van der Waals surface area contributed by atoms with E-state index in [1.807, 2.05) is 0 Å². The first-order chi connectivity index (χ1) is 28.2. The summed E-state index contributed by atoms with van der Waals surface area (Å²) in [6.45, 7) is 5.96. The summed E-state index contributed by atoms with van der Waals surface area (Å²) in [7, 11) is 0. The standard InChI is InChI=1S/C42H38Br2N6O8S/c1-27(51)45-19-23-47(24-20-45)37(53)17-13-29-11-15-35(41(49(55)56)39(29)31-7-3-5-9-33(31)43)59-36-16-12-30(14-18-38(54)48-25-21-46(22-26-48)28(2)52)40(42(36)50(57)58)32-8-4-6-10-34(32)44/h3-18H,19-26H2,1-2H3. The van der Waals surface area contributed by atoms with Crippen LogP contribution in [0.1, 0.15) is 25.0 Å². The number of halogens is 2. The highest BCUT2D eigenvalue weighted by Gasteiger charge is 2.31. The Hall–Kier alpha value is -5.65. The Labute approximate surface area is 361 Å². The largest absolute Gasteiger partial charge is 0.339 e. The number of hydrogen-bond donors (Lipinski definition) is 0. The molecule has 4 amide bonds. The molecule has 14 nitrogen and oxygen atoms in total. The zero-order valence-corrected chi connectivity index (χ0v) is 36.0. The minimum atomic E-state index is -0.531. The summed E-state index contributed by atoms with van der Waals surface area (Å²) in [4.78, 5) is 82.1. The Morgan fingerprint density at radius 2 is 0.898 bits per heavy atom. The summed E-state index contributed by atoms with van der Waals surface area (Å²) in [5.74, 6) is -0.756. The molecule has 0 spiro atoms. The Bertz CT molecular complexity index is 2240. The number of hydrogen-bond acceptors (Lipinski definition) is 9. The Morgan fingerprint density at radius 3 is 1.22 bits per heavy atom. The fourth-order valence-electron chi connectivity index (χ4n) is 7.01. The van der Waals surface area contributed by atoms with Gasteiger partial charge in [0.05, 0.1) is 30.8 Å². The summed E-state index contributed by atoms with van der Waals surface area (Å²) < 4.78 is 1.11. The van der Waals surface area contributed by atoms with Gasteiger partial charge in [-0.1, -0.05) is 92.2 Å². The van der Waals surface area contributed by atoms with Crippen LogP contribution in [0.25, 0.3) is 34.4 Å². The third kappa shape index (κ3) is 9.80. The SMILES string of the molecule is CC(=O)N1CCN(C(=O)C=Cc2ccc(Sc3ccc(C=CC(=O)N4CCN(C(C)=O)CC4)c(-c4ccccc4Br)c3[N+](=O)[O-])c([N+](=O)[O-])c2-c2ccccc2Br)CC1. The summed E-state index contributed by atoms with van der Waals surface area (Å²) in [5, 5.41) is 26.2. The number of carbonyl (C=O) groups is 4. The number of amides is 4. The van der Waals surface area contributed by atoms with Crippen molar-refractivity contribution in [2.24, 2.45) is 0 Å². The minimum Gasteiger partial charge on any atom is -0.339 e. The van der Waals surface area contributed by atoms with E-state index in [1.54, 1.807) is 80.3 Å². The van der Waals surface area contributed by atoms with E-state index in [0.717, 1.165) is 11.8 Å². The number of carbonyl (C=O) groups excluding carboxylic acids is 4. The molecule has 0 saturated carbocycles. The molecule has 4 aromatic carbocycles. The minimum absolute atomic E-state index is 0.0667. The molecule has 2 fully saturated rings. The fourth-order valence-corrected chi connectivity index (χ4v) is 9.03. The first-order valence-corrected chi connectivity index (χ1v) is 20.9. The lowest BCUT2D eigenvalue weighted by Gasteiger charge is -2.33. The quantitative estimate of drug-likeness (QED) is 0.0872. The van der Waals surface area contributed by atoms with Gasteiger partial charge in [0.25, 0.3) is 11.4 Å². The molecule has 2 heterocycles. The van der Waals surface area contributed by atoms with Crippen LogP contribution in [0.3, 0.4) is 0 Å². The van der Waals surface area contributed by atoms with Crippen LogP contribution in [0.2, 0.25) is 0 Å². The van der Waals surface area contributed by atoms with E-state index >= 15 is 0 Å². The Morgan fingerprint density at radius 1 is 0.559 bits per heavy atom. The molecule has 0 atom stereocenters. The van der Waals surface area contributed by atoms with E-state index < -0.39 is 9.85 Å². The molecule has 2 saturated heterocycles. The van der Waals surface area contributed by atoms with Gasteiger partial charge in [-0.2, -0.15) is 0 Å². The molecule has 59 heavy (non-hydrogen) atoms. The van der Waals surface area contributed by atoms with Crippen LogP contribution in [-0.4, -0.2) is 105 Å². The summed E-state index contributed by atoms with van der Waals surface area (Å²) in [6.07, 6.45) is 5.76. The molecule has 6 rings (SSSR count). The van der Waals surface area contributed by atoms with E-state index in [4.69, 9.17) is 0 Å². The van der Waals surface area contributed by atoms with E-state index in [-0.39, 0.29) is 55.9 Å². The fraction of sp³-hybridized carbons (Fsp3) is 0.238. The molecule has 0 N–H and O–H groups in total. The van der Waals surface area contributed by atoms with Crippen LogP contribution in [0.5, 0.6) is 0 Å². The van der Waals surface area contributed by atoms with Crippen LogP contribution < -0.4 is 0 Å². The molecule has 304 valence electrons. The highest BCUT2D eigenvalue weighted by atomic mass is 79.9. The summed E-state index contributed by atoms with van der Waals surface area (Å²) >= 11 is 7.94. The van der Waals surface area contributed by atoms with Crippen LogP contribution in [-0.2, 0) is 19.2 Å². The second kappa shape index (κ2) is 18.9. The smallest absolute Gasteiger partial charge is 0.291 e. The summed E-state index contributed by atoms with van der Waals surface area (Å²) in [6, 6.07) is 20.2. The van der Waals surface area contributed by atoms with Crippen molar-refractivity contribution in [3.8, 4) is 22.3 Å². The first-order valence-electron chi connectivity index (χ1n) is 18.5. The van der Waals surface area contributed by atoms with Crippen molar-refractivity contribution < 1.29 is 29.0 Å². The molecular formula is C42H38Br2N6O8S. The Kier molecular flexibility index (Phi) is 13.8. The highest BCUT2D eigenvalue weighted by molar-refractivity contribution is 9.11. The number of benzene rings is 4. The number of piperazine rings is 2. The zero-order valence-electron chi connectivity index (χ0n) is 32.0. The molecule has 2 aliphatic heterocycles. The predicted molar refractivity (Wildman–Crippen MR) is 232 cm³/mol. The van der Waals surface area contributed by atoms with Crippen molar-refractivity contribution >= 4 is 90.8 Å². The third-order valence-electron chi connectivity index (χ3n) is 10.1. The van der Waals surface area contributed by atoms with E-state index in [9.17, 15) is 39.4 Å². The molecule has 0 aromatic heterocycles. The first kappa shape index (κ1) is 42.9. The second-order valence-corrected chi connectivity index (χ2v) is 16.5. The number of nitro groups is 2. The maximum Gasteiger partial charge on any atom is 0.291 e. The van der Waals surface area contributed by atoms with Gasteiger partial charge in [0.15, 0.2) is 0 Å². The number of nitrogens with zero attached hydrogens (tertiary/aromatic N) is 6. The number of rotatable bonds is 10. The molecule has 2 aliphatic rings. The lowest BCUT2D eigenvalue weighted by molar-refractivity contribution is -0.387. The lowest BCUT2D eigenvalue weighted by Crippen LogP contribution is -2.49. The topological polar surface area (TPSA) is 168 Å². The van der Waals surface area contributed by atoms with Crippen LogP contribution in [0.4, 0.5) is 11.4 Å². The van der Waals surface area contributed by atoms with Gasteiger partial charge in [-0.05, 0) is 47.5 Å². The molecule has 0 aliphatic carbocycles. The zero-order chi connectivity index (χ0) is 42.4. The van der Waals surface area contributed by atoms with Gasteiger partial charge < -0.3 is 19.6 Å². The molecule has 0 radical (unpaired) electrons. The van der Waals surface area contributed by atoms with Gasteiger partial charge in [-0.15, -0.1) is 0 Å². The molecular weight excluding hydrogens is 908 g/mol. The van der Waals surface area contributed by atoms with Gasteiger partial charge in [0.1, 0.15) is 0 Å². The van der Waals surface area contributed by atoms with Crippen LogP contribution in [0.15, 0.2) is 104 Å². The Balaban J connectivity index is 1.42. The monoisotopic (exact) mass is 944 g/mol. The van der Waals surface area contributed by atoms with Crippen molar-refractivity contribution in [2.45, 2.75) is 23.6 Å². The normalized spacial score (nSPS) is 14.6. The molecule has 4 aromatic rings. The second-order valence-electron chi connectivity index (χ2n) is 13.7. The van der Waals surface area contributed by atoms with E-state index in [2.05, 4.69) is 31.9 Å². The van der Waals surface area contributed by atoms with Gasteiger partial charge >= 0.3 is 0 Å². The van der Waals surface area contributed by atoms with Crippen molar-refractivity contribution in [1.82, 2.24) is 19.6 Å². The third-order valence-corrected chi connectivity index (χ3v) is 12.6. The van der Waals surface area contributed by atoms with Crippen molar-refractivity contribution in [1.29, 1.82) is 0 Å². The van der Waals surface area contributed by atoms with E-state index in [0.29, 0.717) is 83.6 Å². The molecule has 17 heteroatoms. The predicted octanol–water partition coefficient (Wildman–Crippen LogP) is 7.92. The average molecular weight is 947 g/mol. The maximum atomic E-state index is 13.3. The average Bonchev–Trinajstić information content (AvgIpc) is 3.22. The van der Waals surface area contributed by atoms with E-state index in [1.165, 1.54) is 50.3 Å². The lowest BCUT2D eigenvalue weighted by atomic mass is 9.97. The van der Waals surface area contributed by atoms with Gasteiger partial charge in [-0.25, -0.2) is 0 Å². The summed E-state index contributed by atoms with van der Waals surface area (Å²) in [5.41, 5.74) is 1.47. The van der Waals surface area contributed by atoms with Crippen LogP contribution in [0, 0.1) is 20.2 Å². The van der Waals surface area contributed by atoms with Gasteiger partial charge in [-0.3, -0.25) is 39.4 Å². The van der Waals surface area contributed by atoms with Crippen molar-refractivity contribution in [3.05, 3.63) is 125 Å². The van der Waals surface area contributed by atoms with Crippen LogP contribution >= 0.6 is 43.6 Å². The van der Waals surface area contributed by atoms with Gasteiger partial charge in [0.2, 0.25) is 23.6 Å². The molecule has 0 bridgehead atoms. The maximum absolute atomic E-state index is 13.3. The highest BCUT2D eigenvalue weighted by Crippen LogP contribution is 2.50. The molecule has 0 unspecified atom stereocenters. The van der Waals surface area contributed by atoms with Crippen molar-refractivity contribution in [3.63, 3.8) is 0 Å². The number of nitro benzene ring substituents is 2. The van der Waals surface area contributed by atoms with Crippen molar-refractivity contribution in [2.75, 3.05) is 52.4 Å². The van der Waals surface area contributed by atoms with Gasteiger partial charge in [0, 0.05) is 98.4 Å².